The summed E-state index contributed by atoms with van der Waals surface area (Å²) < 4.78 is 5.20. The quantitative estimate of drug-likeness (QED) is 0.866. The third-order valence-corrected chi connectivity index (χ3v) is 3.24. The fourth-order valence-corrected chi connectivity index (χ4v) is 1.90. The van der Waals surface area contributed by atoms with Crippen LogP contribution in [0.2, 0.25) is 0 Å². The number of aryl methyl sites for hydroxylation is 1. The largest absolute Gasteiger partial charge is 0.496 e. The predicted molar refractivity (Wildman–Crippen MR) is 76.1 cm³/mol. The molecule has 0 fully saturated rings. The van der Waals surface area contributed by atoms with Gasteiger partial charge in [0.25, 0.3) is 5.91 Å². The van der Waals surface area contributed by atoms with Crippen molar-refractivity contribution in [2.75, 3.05) is 20.2 Å². The van der Waals surface area contributed by atoms with Crippen molar-refractivity contribution >= 4 is 11.9 Å². The van der Waals surface area contributed by atoms with E-state index in [-0.39, 0.29) is 12.5 Å². The molecule has 0 aliphatic rings. The van der Waals surface area contributed by atoms with Gasteiger partial charge in [-0.15, -0.1) is 0 Å². The minimum absolute atomic E-state index is 0.182. The predicted octanol–water partition coefficient (Wildman–Crippen LogP) is 2.19. The fraction of sp³-hybridized carbons (Fsp3) is 0.467. The molecule has 0 spiro atoms. The molecule has 5 heteroatoms. The van der Waals surface area contributed by atoms with Crippen LogP contribution in [0.1, 0.15) is 29.8 Å². The van der Waals surface area contributed by atoms with Crippen LogP contribution in [-0.2, 0) is 4.79 Å². The van der Waals surface area contributed by atoms with Gasteiger partial charge in [0.15, 0.2) is 0 Å². The summed E-state index contributed by atoms with van der Waals surface area (Å²) in [6, 6.07) is 5.24. The van der Waals surface area contributed by atoms with E-state index in [9.17, 15) is 9.59 Å². The number of rotatable bonds is 6. The highest BCUT2D eigenvalue weighted by atomic mass is 16.5. The number of carbonyl (C=O) groups excluding carboxylic acids is 1. The number of aliphatic carboxylic acids is 1. The van der Waals surface area contributed by atoms with E-state index >= 15 is 0 Å². The second-order valence-corrected chi connectivity index (χ2v) is 4.77. The SMILES string of the molecule is CCN(CC(C)C(=O)O)C(=O)c1ccc(C)c(OC)c1. The Kier molecular flexibility index (Phi) is 5.55. The first-order valence-corrected chi connectivity index (χ1v) is 6.57. The van der Waals surface area contributed by atoms with Gasteiger partial charge in [0.2, 0.25) is 0 Å². The Labute approximate surface area is 119 Å². The van der Waals surface area contributed by atoms with E-state index in [0.717, 1.165) is 5.56 Å². The molecule has 0 aromatic heterocycles. The molecule has 1 aromatic rings. The molecule has 0 heterocycles. The van der Waals surface area contributed by atoms with Crippen LogP contribution in [0.5, 0.6) is 5.75 Å². The normalized spacial score (nSPS) is 11.8. The van der Waals surface area contributed by atoms with Crippen molar-refractivity contribution in [3.05, 3.63) is 29.3 Å². The molecule has 1 amide bonds. The second-order valence-electron chi connectivity index (χ2n) is 4.77. The Hall–Kier alpha value is -2.04. The van der Waals surface area contributed by atoms with Crippen molar-refractivity contribution in [3.63, 3.8) is 0 Å². The van der Waals surface area contributed by atoms with E-state index in [0.29, 0.717) is 17.9 Å². The third kappa shape index (κ3) is 3.73. The lowest BCUT2D eigenvalue weighted by Crippen LogP contribution is -2.36. The minimum Gasteiger partial charge on any atom is -0.496 e. The van der Waals surface area contributed by atoms with Crippen LogP contribution in [0.4, 0.5) is 0 Å². The van der Waals surface area contributed by atoms with Gasteiger partial charge in [-0.25, -0.2) is 0 Å². The summed E-state index contributed by atoms with van der Waals surface area (Å²) in [6.07, 6.45) is 0. The average Bonchev–Trinajstić information content (AvgIpc) is 2.44. The highest BCUT2D eigenvalue weighted by Gasteiger charge is 2.20. The van der Waals surface area contributed by atoms with Crippen LogP contribution in [0.3, 0.4) is 0 Å². The summed E-state index contributed by atoms with van der Waals surface area (Å²) in [6.45, 7) is 5.98. The van der Waals surface area contributed by atoms with E-state index in [1.807, 2.05) is 19.9 Å². The number of amides is 1. The van der Waals surface area contributed by atoms with Crippen molar-refractivity contribution in [1.82, 2.24) is 4.90 Å². The van der Waals surface area contributed by atoms with Gasteiger partial charge in [0, 0.05) is 18.7 Å². The molecule has 1 N–H and O–H groups in total. The van der Waals surface area contributed by atoms with Crippen molar-refractivity contribution in [2.45, 2.75) is 20.8 Å². The van der Waals surface area contributed by atoms with Crippen LogP contribution in [0.25, 0.3) is 0 Å². The van der Waals surface area contributed by atoms with Gasteiger partial charge in [-0.1, -0.05) is 13.0 Å². The van der Waals surface area contributed by atoms with Crippen molar-refractivity contribution in [1.29, 1.82) is 0 Å². The molecule has 0 aliphatic carbocycles. The van der Waals surface area contributed by atoms with Gasteiger partial charge in [0.1, 0.15) is 5.75 Å². The lowest BCUT2D eigenvalue weighted by atomic mass is 10.1. The Morgan fingerprint density at radius 2 is 2.05 bits per heavy atom. The van der Waals surface area contributed by atoms with Crippen LogP contribution >= 0.6 is 0 Å². The molecule has 20 heavy (non-hydrogen) atoms. The molecular weight excluding hydrogens is 258 g/mol. The number of nitrogens with zero attached hydrogens (tertiary/aromatic N) is 1. The summed E-state index contributed by atoms with van der Waals surface area (Å²) in [5, 5.41) is 8.94. The van der Waals surface area contributed by atoms with Gasteiger partial charge in [0.05, 0.1) is 13.0 Å². The van der Waals surface area contributed by atoms with Crippen LogP contribution in [0, 0.1) is 12.8 Å². The molecular formula is C15H21NO4. The lowest BCUT2D eigenvalue weighted by molar-refractivity contribution is -0.141. The third-order valence-electron chi connectivity index (χ3n) is 3.24. The smallest absolute Gasteiger partial charge is 0.308 e. The molecule has 1 rings (SSSR count). The summed E-state index contributed by atoms with van der Waals surface area (Å²) in [5.74, 6) is -1.03. The van der Waals surface area contributed by atoms with Crippen LogP contribution in [0.15, 0.2) is 18.2 Å². The maximum absolute atomic E-state index is 12.4. The van der Waals surface area contributed by atoms with E-state index in [1.165, 1.54) is 4.90 Å². The Morgan fingerprint density at radius 1 is 1.40 bits per heavy atom. The molecule has 0 saturated carbocycles. The standard InChI is InChI=1S/C15H21NO4/c1-5-16(9-11(3)15(18)19)14(17)12-7-6-10(2)13(8-12)20-4/h6-8,11H,5,9H2,1-4H3,(H,18,19). The zero-order valence-electron chi connectivity index (χ0n) is 12.3. The van der Waals surface area contributed by atoms with Crippen molar-refractivity contribution < 1.29 is 19.4 Å². The zero-order chi connectivity index (χ0) is 15.3. The molecule has 0 aliphatic heterocycles. The van der Waals surface area contributed by atoms with Gasteiger partial charge in [-0.3, -0.25) is 9.59 Å². The molecule has 110 valence electrons. The highest BCUT2D eigenvalue weighted by molar-refractivity contribution is 5.95. The lowest BCUT2D eigenvalue weighted by Gasteiger charge is -2.23. The number of carboxylic acids is 1. The van der Waals surface area contributed by atoms with Gasteiger partial charge in [-0.05, 0) is 31.5 Å². The highest BCUT2D eigenvalue weighted by Crippen LogP contribution is 2.20. The maximum atomic E-state index is 12.4. The number of carbonyl (C=O) groups is 2. The number of ether oxygens (including phenoxy) is 1. The Bertz CT molecular complexity index is 499. The second kappa shape index (κ2) is 6.93. The Morgan fingerprint density at radius 3 is 2.55 bits per heavy atom. The van der Waals surface area contributed by atoms with Crippen molar-refractivity contribution in [2.24, 2.45) is 5.92 Å². The number of hydrogen-bond donors (Lipinski definition) is 1. The zero-order valence-corrected chi connectivity index (χ0v) is 12.3. The molecule has 1 unspecified atom stereocenters. The van der Waals surface area contributed by atoms with Crippen molar-refractivity contribution in [3.8, 4) is 5.75 Å². The summed E-state index contributed by atoms with van der Waals surface area (Å²) >= 11 is 0. The average molecular weight is 279 g/mol. The van der Waals surface area contributed by atoms with Gasteiger partial charge >= 0.3 is 5.97 Å². The van der Waals surface area contributed by atoms with Crippen LogP contribution < -0.4 is 4.74 Å². The first-order valence-electron chi connectivity index (χ1n) is 6.57. The number of carboxylic acid groups (broad SMARTS) is 1. The number of methoxy groups -OCH3 is 1. The molecule has 0 bridgehead atoms. The molecule has 0 saturated heterocycles. The first-order chi connectivity index (χ1) is 9.40. The van der Waals surface area contributed by atoms with E-state index < -0.39 is 11.9 Å². The van der Waals surface area contributed by atoms with Crippen LogP contribution in [-0.4, -0.2) is 42.1 Å². The molecule has 1 atom stereocenters. The van der Waals surface area contributed by atoms with Gasteiger partial charge < -0.3 is 14.7 Å². The van der Waals surface area contributed by atoms with E-state index in [4.69, 9.17) is 9.84 Å². The molecule has 1 aromatic carbocycles. The molecule has 0 radical (unpaired) electrons. The fourth-order valence-electron chi connectivity index (χ4n) is 1.90. The monoisotopic (exact) mass is 279 g/mol. The van der Waals surface area contributed by atoms with Gasteiger partial charge in [-0.2, -0.15) is 0 Å². The summed E-state index contributed by atoms with van der Waals surface area (Å²) in [7, 11) is 1.56. The number of benzene rings is 1. The maximum Gasteiger partial charge on any atom is 0.308 e. The van der Waals surface area contributed by atoms with E-state index in [1.54, 1.807) is 26.2 Å². The first kappa shape index (κ1) is 16.0. The van der Waals surface area contributed by atoms with E-state index in [2.05, 4.69) is 0 Å². The minimum atomic E-state index is -0.905. The number of hydrogen-bond acceptors (Lipinski definition) is 3. The molecule has 5 nitrogen and oxygen atoms in total. The topological polar surface area (TPSA) is 66.8 Å². The summed E-state index contributed by atoms with van der Waals surface area (Å²) in [4.78, 5) is 24.8. The summed E-state index contributed by atoms with van der Waals surface area (Å²) in [5.41, 5.74) is 1.46. The Balaban J connectivity index is 2.93.